The van der Waals surface area contributed by atoms with Crippen molar-refractivity contribution >= 4 is 103 Å². The zero-order valence-corrected chi connectivity index (χ0v) is 52.3. The number of methoxy groups -OCH3 is 2. The van der Waals surface area contributed by atoms with Crippen molar-refractivity contribution in [3.63, 3.8) is 0 Å². The van der Waals surface area contributed by atoms with Gasteiger partial charge in [-0.2, -0.15) is 5.06 Å². The molecule has 18 nitrogen and oxygen atoms in total. The number of fused-ring (bicyclic) bond motifs is 1. The molecule has 2 heterocycles. The number of aliphatic carboxylic acids is 1. The van der Waals surface area contributed by atoms with Gasteiger partial charge in [0.05, 0.1) is 57.1 Å². The molecular formula is C44H68Cl2I2N3NaO15Si2. The predicted octanol–water partition coefficient (Wildman–Crippen LogP) is 5.92. The number of halogens is 4. The standard InChI is InChI=1S/C21H31ClINO5Si.C13H25NO6Si.C8H9ClINO2.C2H4O2.Na/c1-12-16-15(11-27-30(6,7)21(2,3)4)29-24(18(16)20(25)28-12)10-13-8-9-14(22)17(23)19(13)26-5;1-11(20-12(15)10-18-14(16)17)8-7-9-19-21(5,6)13(2,3)4;1-13-8-5(4-11-12)2-3-6(9)7(8)10;1-2(3)4;/h8-9,12,15-16,18H,10-11H2,1-7H3;7-8,11H,9-10H2,1-6H3;2-3,11-12H,4H2,1H3;1H3,(H,3,4);/q;;;;+1/p-1/b;8-7-;;;/t12-,15-,16+,18-;11-;;;/m00.../s1. The molecule has 5 atom stereocenters. The van der Waals surface area contributed by atoms with Crippen molar-refractivity contribution in [1.82, 2.24) is 10.5 Å². The molecule has 0 bridgehead atoms. The van der Waals surface area contributed by atoms with E-state index in [4.69, 9.17) is 70.9 Å². The van der Waals surface area contributed by atoms with Crippen LogP contribution in [0.3, 0.4) is 0 Å². The molecule has 0 saturated carbocycles. The maximum atomic E-state index is 12.6. The summed E-state index contributed by atoms with van der Waals surface area (Å²) in [5, 5.41) is 29.6. The summed E-state index contributed by atoms with van der Waals surface area (Å²) in [6.45, 7) is 27.3. The summed E-state index contributed by atoms with van der Waals surface area (Å²) in [6.07, 6.45) is 2.52. The number of hydroxylamine groups is 3. The van der Waals surface area contributed by atoms with E-state index in [1.54, 1.807) is 44.4 Å². The van der Waals surface area contributed by atoms with Crippen LogP contribution in [0.4, 0.5) is 0 Å². The fourth-order valence-corrected chi connectivity index (χ4v) is 9.61. The Labute approximate surface area is 468 Å². The van der Waals surface area contributed by atoms with Crippen molar-refractivity contribution in [2.24, 2.45) is 5.92 Å². The van der Waals surface area contributed by atoms with Gasteiger partial charge in [0.15, 0.2) is 23.2 Å². The van der Waals surface area contributed by atoms with Gasteiger partial charge in [0, 0.05) is 23.6 Å². The number of carbonyl (C=O) groups excluding carboxylic acids is 3. The number of nitrogens with one attached hydrogen (secondary N) is 1. The fourth-order valence-electron chi connectivity index (χ4n) is 5.86. The van der Waals surface area contributed by atoms with Gasteiger partial charge >= 0.3 is 41.5 Å². The van der Waals surface area contributed by atoms with Crippen molar-refractivity contribution in [2.45, 2.75) is 136 Å². The Morgan fingerprint density at radius 2 is 1.43 bits per heavy atom. The first-order valence-corrected chi connectivity index (χ1v) is 30.1. The third-order valence-electron chi connectivity index (χ3n) is 11.5. The van der Waals surface area contributed by atoms with Crippen LogP contribution in [0.15, 0.2) is 36.4 Å². The van der Waals surface area contributed by atoms with Crippen LogP contribution in [0, 0.1) is 23.2 Å². The van der Waals surface area contributed by atoms with Gasteiger partial charge in [-0.1, -0.05) is 83.0 Å². The van der Waals surface area contributed by atoms with Crippen molar-refractivity contribution in [3.8, 4) is 11.5 Å². The van der Waals surface area contributed by atoms with E-state index < -0.39 is 52.4 Å². The Morgan fingerprint density at radius 3 is 1.90 bits per heavy atom. The van der Waals surface area contributed by atoms with Gasteiger partial charge in [-0.25, -0.2) is 10.3 Å². The third kappa shape index (κ3) is 21.9. The molecule has 0 spiro atoms. The minimum atomic E-state index is -1.94. The Morgan fingerprint density at radius 1 is 0.957 bits per heavy atom. The molecule has 0 amide bonds. The molecule has 2 saturated heterocycles. The number of carbonyl (C=O) groups is 3. The van der Waals surface area contributed by atoms with Crippen molar-refractivity contribution < 1.29 is 96.8 Å². The van der Waals surface area contributed by atoms with Crippen LogP contribution < -0.4 is 49.6 Å². The molecule has 0 unspecified atom stereocenters. The fraction of sp³-hybridized carbons (Fsp3) is 0.614. The zero-order valence-electron chi connectivity index (χ0n) is 42.5. The number of cyclic esters (lactones) is 1. The van der Waals surface area contributed by atoms with Crippen LogP contribution >= 0.6 is 68.4 Å². The largest absolute Gasteiger partial charge is 1.00 e. The first-order chi connectivity index (χ1) is 31.3. The molecular weight excluding hydrogens is 1210 g/mol. The molecule has 2 fully saturated rings. The maximum absolute atomic E-state index is 12.6. The number of carboxylic acid groups (broad SMARTS) is 1. The van der Waals surface area contributed by atoms with Crippen molar-refractivity contribution in [1.29, 1.82) is 0 Å². The molecule has 2 N–H and O–H groups in total. The maximum Gasteiger partial charge on any atom is 1.00 e. The number of esters is 2. The number of hydrogen-bond acceptors (Lipinski definition) is 17. The minimum Gasteiger partial charge on any atom is -0.550 e. The summed E-state index contributed by atoms with van der Waals surface area (Å²) in [6, 6.07) is 6.88. The first-order valence-electron chi connectivity index (χ1n) is 21.4. The molecule has 25 heteroatoms. The Kier molecular flexibility index (Phi) is 30.1. The summed E-state index contributed by atoms with van der Waals surface area (Å²) >= 11 is 16.4. The average Bonchev–Trinajstić information content (AvgIpc) is 3.73. The normalized spacial score (nSPS) is 18.4. The Hall–Kier alpha value is -1.38. The van der Waals surface area contributed by atoms with Gasteiger partial charge < -0.3 is 47.7 Å². The summed E-state index contributed by atoms with van der Waals surface area (Å²) in [5.74, 6) is -0.781. The molecule has 386 valence electrons. The SMILES string of the molecule is CC(=O)[O-].COc1c(CN2O[C@@H](CO[Si](C)(C)C(C)(C)C)[C@H]3[C@H](C)OC(=O)[C@H]32)ccc(Cl)c1I.COc1c(CNO)ccc(Cl)c1I.C[C@@H](/C=C\CO[Si](C)(C)C(C)(C)C)OC(=O)CO[N+](=O)[O-].[Na+]. The summed E-state index contributed by atoms with van der Waals surface area (Å²) < 4.78 is 35.3. The van der Waals surface area contributed by atoms with Gasteiger partial charge in [-0.3, -0.25) is 9.63 Å². The van der Waals surface area contributed by atoms with E-state index in [0.29, 0.717) is 47.8 Å². The van der Waals surface area contributed by atoms with Crippen LogP contribution in [0.2, 0.25) is 46.3 Å². The first kappa shape index (κ1) is 67.6. The average molecular weight is 1280 g/mol. The molecule has 2 aliphatic rings. The van der Waals surface area contributed by atoms with Crippen LogP contribution in [0.5, 0.6) is 11.5 Å². The van der Waals surface area contributed by atoms with E-state index in [2.05, 4.69) is 123 Å². The van der Waals surface area contributed by atoms with E-state index in [1.807, 2.05) is 25.1 Å². The zero-order chi connectivity index (χ0) is 52.5. The quantitative estimate of drug-likeness (QED) is 0.0468. The summed E-state index contributed by atoms with van der Waals surface area (Å²) in [7, 11) is -0.532. The Bertz CT molecular complexity index is 2030. The molecule has 0 aliphatic carbocycles. The molecule has 0 aromatic heterocycles. The molecule has 2 aromatic carbocycles. The van der Waals surface area contributed by atoms with Crippen LogP contribution in [0.25, 0.3) is 0 Å². The van der Waals surface area contributed by atoms with E-state index in [1.165, 1.54) is 0 Å². The van der Waals surface area contributed by atoms with E-state index in [-0.39, 0.29) is 63.7 Å². The monoisotopic (exact) mass is 1280 g/mol. The molecule has 69 heavy (non-hydrogen) atoms. The predicted molar refractivity (Wildman–Crippen MR) is 278 cm³/mol. The van der Waals surface area contributed by atoms with Gasteiger partial charge in [0.25, 0.3) is 5.09 Å². The van der Waals surface area contributed by atoms with Gasteiger partial charge in [-0.05, 0) is 120 Å². The van der Waals surface area contributed by atoms with E-state index >= 15 is 0 Å². The number of rotatable bonds is 17. The van der Waals surface area contributed by atoms with Gasteiger partial charge in [-0.15, -0.1) is 10.1 Å². The summed E-state index contributed by atoms with van der Waals surface area (Å²) in [4.78, 5) is 52.8. The van der Waals surface area contributed by atoms with Gasteiger partial charge in [0.1, 0.15) is 35.9 Å². The number of carboxylic acids is 1. The number of nitrogens with zero attached hydrogens (tertiary/aromatic N) is 2. The third-order valence-corrected chi connectivity index (χ3v) is 23.9. The number of ether oxygens (including phenoxy) is 4. The van der Waals surface area contributed by atoms with Crippen molar-refractivity contribution in [3.05, 3.63) is 74.8 Å². The minimum absolute atomic E-state index is 0. The van der Waals surface area contributed by atoms with Crippen LogP contribution in [0.1, 0.15) is 73.4 Å². The van der Waals surface area contributed by atoms with Crippen molar-refractivity contribution in [2.75, 3.05) is 34.0 Å². The van der Waals surface area contributed by atoms with Crippen LogP contribution in [-0.4, -0.2) is 108 Å². The second kappa shape index (κ2) is 30.7. The smallest absolute Gasteiger partial charge is 0.550 e. The molecule has 2 aliphatic heterocycles. The Balaban J connectivity index is 0.00000103. The summed E-state index contributed by atoms with van der Waals surface area (Å²) in [5.41, 5.74) is 3.86. The second-order valence-corrected chi connectivity index (χ2v) is 31.2. The number of benzene rings is 2. The topological polar surface area (TPSA) is 227 Å². The van der Waals surface area contributed by atoms with E-state index in [9.17, 15) is 19.7 Å². The van der Waals surface area contributed by atoms with Gasteiger partial charge in [0.2, 0.25) is 0 Å². The molecule has 4 rings (SSSR count). The van der Waals surface area contributed by atoms with E-state index in [0.717, 1.165) is 25.2 Å². The number of hydrogen-bond donors (Lipinski definition) is 2. The molecule has 2 aromatic rings. The second-order valence-electron chi connectivity index (χ2n) is 18.6. The molecule has 0 radical (unpaired) electrons. The van der Waals surface area contributed by atoms with Crippen LogP contribution in [-0.2, 0) is 55.5 Å².